The third-order valence-electron chi connectivity index (χ3n) is 4.93. The van der Waals surface area contributed by atoms with Crippen LogP contribution in [0.2, 0.25) is 5.02 Å². The maximum Gasteiger partial charge on any atom is 0.204 e. The second-order valence-corrected chi connectivity index (χ2v) is 8.16. The van der Waals surface area contributed by atoms with Crippen LogP contribution in [0.4, 0.5) is 5.82 Å². The normalized spacial score (nSPS) is 11.0. The van der Waals surface area contributed by atoms with Crippen LogP contribution in [0.5, 0.6) is 17.2 Å². The molecule has 0 spiro atoms. The molecule has 2 heterocycles. The monoisotopic (exact) mass is 471 g/mol. The Morgan fingerprint density at radius 2 is 1.78 bits per heavy atom. The van der Waals surface area contributed by atoms with Gasteiger partial charge in [0.15, 0.2) is 33.6 Å². The lowest BCUT2D eigenvalue weighted by atomic mass is 10.1. The molecule has 0 radical (unpaired) electrons. The summed E-state index contributed by atoms with van der Waals surface area (Å²) in [5.74, 6) is 1.65. The number of aromatic nitrogens is 4. The number of methoxy groups -OCH3 is 3. The highest BCUT2D eigenvalue weighted by Gasteiger charge is 2.23. The standard InChI is InChI=1S/C22H22ClN5O3S/c1-29-14-11-15(16(23)19(31-3)18(14)30-2)32-22-27-17-20(24)25-12-26-21(17)28(22)10-9-13-7-5-4-6-8-13/h4-8,11-12H,9-10H2,1-3H3,(H2,24,25,26). The minimum atomic E-state index is 0.325. The quantitative estimate of drug-likeness (QED) is 0.401. The second kappa shape index (κ2) is 9.54. The Labute approximate surface area is 194 Å². The number of hydrogen-bond donors (Lipinski definition) is 1. The molecule has 4 rings (SSSR count). The predicted octanol–water partition coefficient (Wildman–Crippen LogP) is 4.48. The van der Waals surface area contributed by atoms with E-state index in [4.69, 9.17) is 36.5 Å². The molecule has 10 heteroatoms. The van der Waals surface area contributed by atoms with Gasteiger partial charge < -0.3 is 24.5 Å². The summed E-state index contributed by atoms with van der Waals surface area (Å²) < 4.78 is 18.4. The number of rotatable bonds is 8. The van der Waals surface area contributed by atoms with Gasteiger partial charge in [0.25, 0.3) is 0 Å². The number of imidazole rings is 1. The van der Waals surface area contributed by atoms with Crippen molar-refractivity contribution in [3.05, 3.63) is 53.3 Å². The summed E-state index contributed by atoms with van der Waals surface area (Å²) in [5, 5.41) is 1.08. The van der Waals surface area contributed by atoms with Crippen molar-refractivity contribution in [1.29, 1.82) is 0 Å². The van der Waals surface area contributed by atoms with Crippen molar-refractivity contribution in [3.8, 4) is 17.2 Å². The van der Waals surface area contributed by atoms with E-state index in [0.717, 1.165) is 6.42 Å². The number of nitrogen functional groups attached to an aromatic ring is 1. The van der Waals surface area contributed by atoms with E-state index in [9.17, 15) is 0 Å². The van der Waals surface area contributed by atoms with Gasteiger partial charge in [-0.05, 0) is 29.8 Å². The number of ether oxygens (including phenoxy) is 3. The molecular formula is C22H22ClN5O3S. The lowest BCUT2D eigenvalue weighted by Gasteiger charge is -2.16. The van der Waals surface area contributed by atoms with Gasteiger partial charge in [-0.15, -0.1) is 0 Å². The summed E-state index contributed by atoms with van der Waals surface area (Å²) >= 11 is 8.03. The zero-order valence-corrected chi connectivity index (χ0v) is 19.4. The molecule has 0 atom stereocenters. The summed E-state index contributed by atoms with van der Waals surface area (Å²) in [6.07, 6.45) is 2.24. The van der Waals surface area contributed by atoms with Crippen LogP contribution in [0, 0.1) is 0 Å². The highest BCUT2D eigenvalue weighted by Crippen LogP contribution is 2.49. The molecule has 8 nitrogen and oxygen atoms in total. The van der Waals surface area contributed by atoms with E-state index in [0.29, 0.717) is 55.8 Å². The molecule has 0 aliphatic rings. The number of hydrogen-bond acceptors (Lipinski definition) is 8. The fraction of sp³-hybridized carbons (Fsp3) is 0.227. The van der Waals surface area contributed by atoms with Gasteiger partial charge in [-0.25, -0.2) is 15.0 Å². The fourth-order valence-corrected chi connectivity index (χ4v) is 4.67. The van der Waals surface area contributed by atoms with Gasteiger partial charge in [0.2, 0.25) is 5.75 Å². The minimum absolute atomic E-state index is 0.325. The van der Waals surface area contributed by atoms with E-state index < -0.39 is 0 Å². The highest BCUT2D eigenvalue weighted by atomic mass is 35.5. The molecule has 2 aromatic heterocycles. The lowest BCUT2D eigenvalue weighted by Crippen LogP contribution is -2.04. The number of nitrogens with zero attached hydrogens (tertiary/aromatic N) is 4. The van der Waals surface area contributed by atoms with Gasteiger partial charge in [-0.1, -0.05) is 41.9 Å². The van der Waals surface area contributed by atoms with E-state index in [-0.39, 0.29) is 0 Å². The molecule has 166 valence electrons. The van der Waals surface area contributed by atoms with Gasteiger partial charge in [-0.3, -0.25) is 0 Å². The molecule has 0 saturated carbocycles. The van der Waals surface area contributed by atoms with E-state index >= 15 is 0 Å². The summed E-state index contributed by atoms with van der Waals surface area (Å²) in [4.78, 5) is 13.9. The first-order valence-corrected chi connectivity index (χ1v) is 10.9. The maximum atomic E-state index is 6.66. The lowest BCUT2D eigenvalue weighted by molar-refractivity contribution is 0.323. The van der Waals surface area contributed by atoms with E-state index in [1.807, 2.05) is 22.8 Å². The summed E-state index contributed by atoms with van der Waals surface area (Å²) in [6.45, 7) is 0.654. The van der Waals surface area contributed by atoms with E-state index in [2.05, 4.69) is 22.1 Å². The Morgan fingerprint density at radius 3 is 2.47 bits per heavy atom. The van der Waals surface area contributed by atoms with E-state index in [1.54, 1.807) is 13.2 Å². The van der Waals surface area contributed by atoms with Crippen LogP contribution in [0.15, 0.2) is 52.8 Å². The molecule has 0 fully saturated rings. The SMILES string of the molecule is COc1cc(Sc2nc3c(N)ncnc3n2CCc2ccccc2)c(Cl)c(OC)c1OC. The maximum absolute atomic E-state index is 6.66. The number of halogens is 1. The molecule has 0 aliphatic heterocycles. The minimum Gasteiger partial charge on any atom is -0.493 e. The molecule has 0 saturated heterocycles. The Kier molecular flexibility index (Phi) is 6.57. The Hall–Kier alpha value is -3.17. The zero-order valence-electron chi connectivity index (χ0n) is 17.8. The number of benzene rings is 2. The van der Waals surface area contributed by atoms with Crippen molar-refractivity contribution < 1.29 is 14.2 Å². The third-order valence-corrected chi connectivity index (χ3v) is 6.45. The molecule has 4 aromatic rings. The molecule has 0 unspecified atom stereocenters. The average molecular weight is 472 g/mol. The van der Waals surface area contributed by atoms with Crippen LogP contribution >= 0.6 is 23.4 Å². The first-order valence-electron chi connectivity index (χ1n) is 9.74. The molecule has 2 aromatic carbocycles. The van der Waals surface area contributed by atoms with Crippen LogP contribution in [-0.2, 0) is 13.0 Å². The van der Waals surface area contributed by atoms with Crippen molar-refractivity contribution in [2.75, 3.05) is 27.1 Å². The predicted molar refractivity (Wildman–Crippen MR) is 125 cm³/mol. The number of fused-ring (bicyclic) bond motifs is 1. The molecule has 2 N–H and O–H groups in total. The van der Waals surface area contributed by atoms with Crippen LogP contribution in [0.1, 0.15) is 5.56 Å². The first kappa shape index (κ1) is 22.0. The van der Waals surface area contributed by atoms with Crippen molar-refractivity contribution in [3.63, 3.8) is 0 Å². The largest absolute Gasteiger partial charge is 0.493 e. The first-order chi connectivity index (χ1) is 15.6. The topological polar surface area (TPSA) is 97.3 Å². The summed E-state index contributed by atoms with van der Waals surface area (Å²) in [5.41, 5.74) is 8.50. The van der Waals surface area contributed by atoms with Crippen molar-refractivity contribution in [2.24, 2.45) is 0 Å². The number of anilines is 1. The Morgan fingerprint density at radius 1 is 1.03 bits per heavy atom. The molecule has 0 bridgehead atoms. The highest BCUT2D eigenvalue weighted by molar-refractivity contribution is 7.99. The van der Waals surface area contributed by atoms with Crippen LogP contribution in [0.3, 0.4) is 0 Å². The van der Waals surface area contributed by atoms with Gasteiger partial charge in [0.05, 0.1) is 21.3 Å². The molecular weight excluding hydrogens is 450 g/mol. The van der Waals surface area contributed by atoms with Crippen molar-refractivity contribution >= 4 is 40.3 Å². The number of nitrogens with two attached hydrogens (primary N) is 1. The van der Waals surface area contributed by atoms with Crippen molar-refractivity contribution in [2.45, 2.75) is 23.0 Å². The van der Waals surface area contributed by atoms with Gasteiger partial charge in [-0.2, -0.15) is 0 Å². The van der Waals surface area contributed by atoms with Crippen molar-refractivity contribution in [1.82, 2.24) is 19.5 Å². The smallest absolute Gasteiger partial charge is 0.204 e. The zero-order chi connectivity index (χ0) is 22.7. The van der Waals surface area contributed by atoms with Crippen LogP contribution in [0.25, 0.3) is 11.2 Å². The number of aryl methyl sites for hydroxylation is 2. The van der Waals surface area contributed by atoms with Gasteiger partial charge in [0, 0.05) is 11.4 Å². The Bertz CT molecular complexity index is 1250. The summed E-state index contributed by atoms with van der Waals surface area (Å²) in [7, 11) is 4.63. The average Bonchev–Trinajstić information content (AvgIpc) is 3.17. The van der Waals surface area contributed by atoms with E-state index in [1.165, 1.54) is 37.9 Å². The second-order valence-electron chi connectivity index (χ2n) is 6.77. The molecule has 0 amide bonds. The molecule has 32 heavy (non-hydrogen) atoms. The van der Waals surface area contributed by atoms with Crippen LogP contribution < -0.4 is 19.9 Å². The van der Waals surface area contributed by atoms with Gasteiger partial charge >= 0.3 is 0 Å². The van der Waals surface area contributed by atoms with Gasteiger partial charge in [0.1, 0.15) is 11.3 Å². The fourth-order valence-electron chi connectivity index (χ4n) is 3.37. The molecule has 0 aliphatic carbocycles. The Balaban J connectivity index is 1.78. The van der Waals surface area contributed by atoms with Crippen LogP contribution in [-0.4, -0.2) is 40.8 Å². The summed E-state index contributed by atoms with van der Waals surface area (Å²) in [6, 6.07) is 12.0. The third kappa shape index (κ3) is 4.13.